The molecule has 2 N–H and O–H groups in total. The fourth-order valence-electron chi connectivity index (χ4n) is 4.72. The van der Waals surface area contributed by atoms with Gasteiger partial charge in [0, 0.05) is 35.8 Å². The third-order valence-electron chi connectivity index (χ3n) is 6.10. The Hall–Kier alpha value is -3.61. The zero-order valence-corrected chi connectivity index (χ0v) is 19.4. The summed E-state index contributed by atoms with van der Waals surface area (Å²) in [5.41, 5.74) is 9.61. The molecule has 1 aromatic heterocycles. The maximum absolute atomic E-state index is 13.6. The summed E-state index contributed by atoms with van der Waals surface area (Å²) in [5.74, 6) is -0.205. The number of ketones is 1. The standard InChI is InChI=1S/C26H29N3O4/c1-5-33-25(31)23-21(16-7-6-12-28-15-16)22-19(13-26(2,3)14-20(22)30)29(24(23)27)17-8-10-18(32-4)11-9-17/h6-12,15,21H,5,13-14,27H2,1-4H3/t21-/m0/s1. The number of ether oxygens (including phenoxy) is 2. The van der Waals surface area contributed by atoms with E-state index in [4.69, 9.17) is 15.2 Å². The van der Waals surface area contributed by atoms with Gasteiger partial charge in [-0.3, -0.25) is 14.7 Å². The van der Waals surface area contributed by atoms with Crippen molar-refractivity contribution in [2.45, 2.75) is 39.5 Å². The van der Waals surface area contributed by atoms with Gasteiger partial charge in [0.15, 0.2) is 5.78 Å². The maximum atomic E-state index is 13.6. The average Bonchev–Trinajstić information content (AvgIpc) is 2.78. The summed E-state index contributed by atoms with van der Waals surface area (Å²) >= 11 is 0. The van der Waals surface area contributed by atoms with E-state index in [-0.39, 0.29) is 29.2 Å². The first-order valence-corrected chi connectivity index (χ1v) is 11.0. The Morgan fingerprint density at radius 2 is 1.94 bits per heavy atom. The number of nitrogens with two attached hydrogens (primary N) is 1. The number of nitrogens with zero attached hydrogens (tertiary/aromatic N) is 2. The number of Topliss-reactive ketones (excluding diaryl/α,β-unsaturated/α-hetero) is 1. The van der Waals surface area contributed by atoms with Crippen molar-refractivity contribution in [1.29, 1.82) is 0 Å². The molecule has 0 saturated heterocycles. The Morgan fingerprint density at radius 1 is 1.21 bits per heavy atom. The molecule has 0 bridgehead atoms. The number of hydrogen-bond donors (Lipinski definition) is 1. The van der Waals surface area contributed by atoms with Crippen LogP contribution in [0, 0.1) is 5.41 Å². The van der Waals surface area contributed by atoms with Gasteiger partial charge in [-0.05, 0) is 54.7 Å². The van der Waals surface area contributed by atoms with E-state index in [0.717, 1.165) is 16.9 Å². The Bertz CT molecular complexity index is 1130. The second-order valence-electron chi connectivity index (χ2n) is 9.07. The lowest BCUT2D eigenvalue weighted by molar-refractivity contribution is -0.138. The zero-order valence-electron chi connectivity index (χ0n) is 19.4. The number of carbonyl (C=O) groups is 2. The summed E-state index contributed by atoms with van der Waals surface area (Å²) in [7, 11) is 1.60. The Morgan fingerprint density at radius 3 is 2.55 bits per heavy atom. The number of esters is 1. The van der Waals surface area contributed by atoms with Crippen molar-refractivity contribution in [2.24, 2.45) is 11.1 Å². The summed E-state index contributed by atoms with van der Waals surface area (Å²) in [6.07, 6.45) is 4.36. The molecule has 4 rings (SSSR count). The summed E-state index contributed by atoms with van der Waals surface area (Å²) in [4.78, 5) is 32.9. The van der Waals surface area contributed by atoms with Crippen LogP contribution in [0.2, 0.25) is 0 Å². The number of carbonyl (C=O) groups excluding carboxylic acids is 2. The lowest BCUT2D eigenvalue weighted by Crippen LogP contribution is -2.43. The van der Waals surface area contributed by atoms with Crippen molar-refractivity contribution in [2.75, 3.05) is 18.6 Å². The van der Waals surface area contributed by atoms with Gasteiger partial charge in [-0.15, -0.1) is 0 Å². The van der Waals surface area contributed by atoms with E-state index >= 15 is 0 Å². The highest BCUT2D eigenvalue weighted by molar-refractivity contribution is 6.05. The third kappa shape index (κ3) is 4.11. The number of allylic oxidation sites excluding steroid dienone is 2. The van der Waals surface area contributed by atoms with Crippen molar-refractivity contribution in [3.05, 3.63) is 77.0 Å². The van der Waals surface area contributed by atoms with Gasteiger partial charge in [-0.1, -0.05) is 19.9 Å². The van der Waals surface area contributed by atoms with Gasteiger partial charge in [0.2, 0.25) is 0 Å². The molecule has 0 fully saturated rings. The molecule has 7 nitrogen and oxygen atoms in total. The number of hydrogen-bond acceptors (Lipinski definition) is 7. The lowest BCUT2D eigenvalue weighted by Gasteiger charge is -2.44. The van der Waals surface area contributed by atoms with Gasteiger partial charge < -0.3 is 15.2 Å². The van der Waals surface area contributed by atoms with E-state index in [2.05, 4.69) is 18.8 Å². The van der Waals surface area contributed by atoms with Crippen LogP contribution in [0.5, 0.6) is 5.75 Å². The smallest absolute Gasteiger partial charge is 0.338 e. The predicted molar refractivity (Wildman–Crippen MR) is 125 cm³/mol. The molecule has 7 heteroatoms. The molecule has 0 amide bonds. The highest BCUT2D eigenvalue weighted by Crippen LogP contribution is 2.50. The molecule has 2 heterocycles. The zero-order chi connectivity index (χ0) is 23.8. The summed E-state index contributed by atoms with van der Waals surface area (Å²) < 4.78 is 10.7. The lowest BCUT2D eigenvalue weighted by atomic mass is 9.68. The Balaban J connectivity index is 1.99. The summed E-state index contributed by atoms with van der Waals surface area (Å²) in [5, 5.41) is 0. The van der Waals surface area contributed by atoms with Gasteiger partial charge in [-0.2, -0.15) is 0 Å². The van der Waals surface area contributed by atoms with Crippen LogP contribution in [0.1, 0.15) is 45.1 Å². The molecular weight excluding hydrogens is 418 g/mol. The molecule has 2 aliphatic rings. The van der Waals surface area contributed by atoms with Crippen LogP contribution >= 0.6 is 0 Å². The second kappa shape index (κ2) is 8.73. The highest BCUT2D eigenvalue weighted by atomic mass is 16.5. The van der Waals surface area contributed by atoms with Gasteiger partial charge in [0.25, 0.3) is 0 Å². The number of methoxy groups -OCH3 is 1. The molecule has 0 saturated carbocycles. The monoisotopic (exact) mass is 447 g/mol. The molecule has 1 aromatic carbocycles. The van der Waals surface area contributed by atoms with Crippen LogP contribution in [-0.2, 0) is 14.3 Å². The normalized spacial score (nSPS) is 19.9. The molecule has 1 atom stereocenters. The van der Waals surface area contributed by atoms with Gasteiger partial charge in [0.05, 0.1) is 25.2 Å². The Labute approximate surface area is 193 Å². The summed E-state index contributed by atoms with van der Waals surface area (Å²) in [6, 6.07) is 11.1. The maximum Gasteiger partial charge on any atom is 0.338 e. The minimum absolute atomic E-state index is 0.00270. The predicted octanol–water partition coefficient (Wildman–Crippen LogP) is 4.07. The average molecular weight is 448 g/mol. The number of aromatic nitrogens is 1. The quantitative estimate of drug-likeness (QED) is 0.691. The van der Waals surface area contributed by atoms with E-state index in [9.17, 15) is 9.59 Å². The van der Waals surface area contributed by atoms with Crippen LogP contribution in [0.3, 0.4) is 0 Å². The van der Waals surface area contributed by atoms with Crippen LogP contribution in [0.25, 0.3) is 0 Å². The second-order valence-corrected chi connectivity index (χ2v) is 9.07. The first kappa shape index (κ1) is 22.6. The van der Waals surface area contributed by atoms with Crippen LogP contribution in [0.15, 0.2) is 71.5 Å². The first-order chi connectivity index (χ1) is 15.8. The topological polar surface area (TPSA) is 94.8 Å². The van der Waals surface area contributed by atoms with Crippen LogP contribution in [-0.4, -0.2) is 30.5 Å². The molecule has 0 unspecified atom stereocenters. The molecule has 0 radical (unpaired) electrons. The fraction of sp³-hybridized carbons (Fsp3) is 0.346. The molecule has 2 aromatic rings. The van der Waals surface area contributed by atoms with E-state index in [1.807, 2.05) is 35.2 Å². The van der Waals surface area contributed by atoms with Crippen molar-refractivity contribution >= 4 is 17.4 Å². The minimum atomic E-state index is -0.633. The fourth-order valence-corrected chi connectivity index (χ4v) is 4.72. The highest BCUT2D eigenvalue weighted by Gasteiger charge is 2.46. The Kier molecular flexibility index (Phi) is 5.97. The molecule has 0 spiro atoms. The van der Waals surface area contributed by atoms with E-state index in [1.165, 1.54) is 0 Å². The number of pyridine rings is 1. The molecule has 1 aliphatic carbocycles. The van der Waals surface area contributed by atoms with E-state index in [1.54, 1.807) is 32.5 Å². The molecule has 172 valence electrons. The van der Waals surface area contributed by atoms with E-state index < -0.39 is 11.9 Å². The third-order valence-corrected chi connectivity index (χ3v) is 6.10. The van der Waals surface area contributed by atoms with Gasteiger partial charge in [-0.25, -0.2) is 4.79 Å². The molecule has 33 heavy (non-hydrogen) atoms. The first-order valence-electron chi connectivity index (χ1n) is 11.0. The van der Waals surface area contributed by atoms with Crippen molar-refractivity contribution in [3.63, 3.8) is 0 Å². The van der Waals surface area contributed by atoms with Crippen molar-refractivity contribution in [3.8, 4) is 5.75 Å². The minimum Gasteiger partial charge on any atom is -0.497 e. The molecule has 1 aliphatic heterocycles. The number of benzene rings is 1. The van der Waals surface area contributed by atoms with Crippen molar-refractivity contribution < 1.29 is 19.1 Å². The largest absolute Gasteiger partial charge is 0.497 e. The molecular formula is C26H29N3O4. The van der Waals surface area contributed by atoms with Gasteiger partial charge >= 0.3 is 5.97 Å². The van der Waals surface area contributed by atoms with Crippen LogP contribution in [0.4, 0.5) is 5.69 Å². The van der Waals surface area contributed by atoms with Crippen molar-refractivity contribution in [1.82, 2.24) is 4.98 Å². The van der Waals surface area contributed by atoms with Gasteiger partial charge in [0.1, 0.15) is 11.6 Å². The van der Waals surface area contributed by atoms with E-state index in [0.29, 0.717) is 24.2 Å². The summed E-state index contributed by atoms with van der Waals surface area (Å²) in [6.45, 7) is 6.09. The number of rotatable bonds is 5. The SMILES string of the molecule is CCOC(=O)C1=C(N)N(c2ccc(OC)cc2)C2=C(C(=O)CC(C)(C)C2)[C@@H]1c1cccnc1. The van der Waals surface area contributed by atoms with Crippen LogP contribution < -0.4 is 15.4 Å². The number of anilines is 1.